The van der Waals surface area contributed by atoms with E-state index < -0.39 is 11.5 Å². The lowest BCUT2D eigenvalue weighted by Gasteiger charge is -2.38. The fourth-order valence-electron chi connectivity index (χ4n) is 5.77. The van der Waals surface area contributed by atoms with Gasteiger partial charge in [0.15, 0.2) is 0 Å². The Labute approximate surface area is 250 Å². The van der Waals surface area contributed by atoms with Crippen LogP contribution < -0.4 is 0 Å². The van der Waals surface area contributed by atoms with Crippen LogP contribution in [-0.2, 0) is 12.0 Å². The topological polar surface area (TPSA) is 55.1 Å². The van der Waals surface area contributed by atoms with Gasteiger partial charge in [-0.25, -0.2) is 14.2 Å². The van der Waals surface area contributed by atoms with Gasteiger partial charge in [-0.2, -0.15) is 0 Å². The lowest BCUT2D eigenvalue weighted by molar-refractivity contribution is 0.0697. The molecule has 0 atom stereocenters. The van der Waals surface area contributed by atoms with Crippen LogP contribution in [0.2, 0.25) is 0 Å². The molecular weight excluding hydrogens is 535 g/mol. The molecule has 1 N–H and O–H groups in total. The predicted octanol–water partition coefficient (Wildman–Crippen LogP) is 8.48. The molecule has 0 aliphatic rings. The summed E-state index contributed by atoms with van der Waals surface area (Å²) >= 11 is 0. The van der Waals surface area contributed by atoms with Gasteiger partial charge in [-0.05, 0) is 57.6 Å². The van der Waals surface area contributed by atoms with Crippen LogP contribution in [0.5, 0.6) is 0 Å². The summed E-state index contributed by atoms with van der Waals surface area (Å²) in [5.41, 5.74) is 4.86. The van der Waals surface area contributed by atoms with Crippen molar-refractivity contribution in [1.82, 2.24) is 9.55 Å². The summed E-state index contributed by atoms with van der Waals surface area (Å²) in [6, 6.07) is 42.4. The average Bonchev–Trinajstić information content (AvgIpc) is 3.52. The molecule has 1 aromatic heterocycles. The van der Waals surface area contributed by atoms with Crippen molar-refractivity contribution in [3.63, 3.8) is 0 Å². The number of nitrogens with zero attached hydrogens (tertiary/aromatic N) is 2. The Hall–Kier alpha value is -5.55. The quantitative estimate of drug-likeness (QED) is 0.179. The third kappa shape index (κ3) is 5.41. The number of aromatic carboxylic acids is 1. The molecule has 6 rings (SSSR count). The summed E-state index contributed by atoms with van der Waals surface area (Å²) in [6.45, 7) is 0. The summed E-state index contributed by atoms with van der Waals surface area (Å²) in [6.07, 6.45) is 8.40. The van der Waals surface area contributed by atoms with Crippen LogP contribution in [0.15, 0.2) is 152 Å². The summed E-state index contributed by atoms with van der Waals surface area (Å²) in [5.74, 6) is -0.533. The lowest BCUT2D eigenvalue weighted by Crippen LogP contribution is -2.38. The molecule has 0 bridgehead atoms. The number of hydrogen-bond acceptors (Lipinski definition) is 2. The predicted molar refractivity (Wildman–Crippen MR) is 168 cm³/mol. The molecule has 0 saturated heterocycles. The molecule has 43 heavy (non-hydrogen) atoms. The first kappa shape index (κ1) is 27.6. The highest BCUT2D eigenvalue weighted by molar-refractivity contribution is 5.96. The fraction of sp³-hybridized carbons (Fsp3) is 0.0526. The molecule has 5 heteroatoms. The first-order chi connectivity index (χ1) is 21.1. The van der Waals surface area contributed by atoms with Crippen molar-refractivity contribution in [2.45, 2.75) is 12.0 Å². The first-order valence-corrected chi connectivity index (χ1v) is 14.1. The normalized spacial score (nSPS) is 11.6. The standard InChI is InChI=1S/C38H29FN2O2/c39-33-22-20-29(21-23-33)35-27-28(19-24-34(35)37(42)43)11-10-18-36-40-25-26-41(36)38(30-12-4-1-5-13-30,31-14-6-2-7-15-31)32-16-8-3-9-17-32/h1-17,19-27H,18H2,(H,42,43). The molecule has 210 valence electrons. The SMILES string of the molecule is O=C(O)c1ccc(C=CCc2nccn2C(c2ccccc2)(c2ccccc2)c2ccccc2)cc1-c1ccc(F)cc1. The second kappa shape index (κ2) is 12.1. The lowest BCUT2D eigenvalue weighted by atomic mass is 9.76. The Kier molecular flexibility index (Phi) is 7.79. The van der Waals surface area contributed by atoms with Crippen molar-refractivity contribution >= 4 is 12.0 Å². The average molecular weight is 565 g/mol. The molecule has 5 aromatic carbocycles. The van der Waals surface area contributed by atoms with Crippen molar-refractivity contribution in [3.05, 3.63) is 191 Å². The van der Waals surface area contributed by atoms with Crippen LogP contribution in [0.25, 0.3) is 17.2 Å². The number of benzene rings is 5. The molecule has 0 spiro atoms. The fourth-order valence-corrected chi connectivity index (χ4v) is 5.77. The van der Waals surface area contributed by atoms with E-state index in [1.807, 2.05) is 48.8 Å². The number of carboxylic acid groups (broad SMARTS) is 1. The Morgan fingerprint density at radius 3 is 1.86 bits per heavy atom. The van der Waals surface area contributed by atoms with Crippen LogP contribution in [-0.4, -0.2) is 20.6 Å². The highest BCUT2D eigenvalue weighted by Crippen LogP contribution is 2.41. The number of carboxylic acids is 1. The van der Waals surface area contributed by atoms with Gasteiger partial charge in [0.25, 0.3) is 0 Å². The van der Waals surface area contributed by atoms with Crippen LogP contribution >= 0.6 is 0 Å². The molecule has 0 radical (unpaired) electrons. The molecule has 6 aromatic rings. The van der Waals surface area contributed by atoms with E-state index in [1.54, 1.807) is 24.3 Å². The second-order valence-corrected chi connectivity index (χ2v) is 10.2. The molecule has 1 heterocycles. The van der Waals surface area contributed by atoms with Gasteiger partial charge in [-0.1, -0.05) is 121 Å². The molecule has 0 unspecified atom stereocenters. The number of aromatic nitrogens is 2. The van der Waals surface area contributed by atoms with Gasteiger partial charge in [0.2, 0.25) is 0 Å². The highest BCUT2D eigenvalue weighted by Gasteiger charge is 2.39. The number of imidazole rings is 1. The molecule has 0 saturated carbocycles. The molecule has 0 aliphatic heterocycles. The van der Waals surface area contributed by atoms with E-state index in [0.717, 1.165) is 28.1 Å². The van der Waals surface area contributed by atoms with Crippen LogP contribution in [0.4, 0.5) is 4.39 Å². The van der Waals surface area contributed by atoms with E-state index in [9.17, 15) is 14.3 Å². The zero-order chi connectivity index (χ0) is 29.6. The zero-order valence-electron chi connectivity index (χ0n) is 23.3. The van der Waals surface area contributed by atoms with Crippen molar-refractivity contribution in [2.75, 3.05) is 0 Å². The molecule has 4 nitrogen and oxygen atoms in total. The molecule has 0 amide bonds. The van der Waals surface area contributed by atoms with Crippen LogP contribution in [0.1, 0.15) is 38.4 Å². The number of allylic oxidation sites excluding steroid dienone is 1. The molecule has 0 fully saturated rings. The number of carbonyl (C=O) groups is 1. The van der Waals surface area contributed by atoms with Gasteiger partial charge in [0, 0.05) is 18.8 Å². The second-order valence-electron chi connectivity index (χ2n) is 10.2. The summed E-state index contributed by atoms with van der Waals surface area (Å²) in [5, 5.41) is 9.76. The minimum atomic E-state index is -1.03. The smallest absolute Gasteiger partial charge is 0.336 e. The van der Waals surface area contributed by atoms with Crippen LogP contribution in [0.3, 0.4) is 0 Å². The van der Waals surface area contributed by atoms with Crippen molar-refractivity contribution < 1.29 is 14.3 Å². The largest absolute Gasteiger partial charge is 0.478 e. The summed E-state index contributed by atoms with van der Waals surface area (Å²) < 4.78 is 15.8. The van der Waals surface area contributed by atoms with E-state index in [0.29, 0.717) is 17.5 Å². The molecule has 0 aliphatic carbocycles. The van der Waals surface area contributed by atoms with E-state index in [4.69, 9.17) is 4.98 Å². The maximum Gasteiger partial charge on any atom is 0.336 e. The monoisotopic (exact) mass is 564 g/mol. The van der Waals surface area contributed by atoms with Crippen molar-refractivity contribution in [1.29, 1.82) is 0 Å². The van der Waals surface area contributed by atoms with E-state index in [2.05, 4.69) is 77.4 Å². The third-order valence-electron chi connectivity index (χ3n) is 7.69. The van der Waals surface area contributed by atoms with Gasteiger partial charge in [-0.3, -0.25) is 0 Å². The summed E-state index contributed by atoms with van der Waals surface area (Å²) in [7, 11) is 0. The number of hydrogen-bond donors (Lipinski definition) is 1. The van der Waals surface area contributed by atoms with Gasteiger partial charge in [0.05, 0.1) is 5.56 Å². The van der Waals surface area contributed by atoms with Crippen LogP contribution in [0, 0.1) is 5.82 Å². The van der Waals surface area contributed by atoms with Gasteiger partial charge < -0.3 is 9.67 Å². The minimum absolute atomic E-state index is 0.165. The zero-order valence-corrected chi connectivity index (χ0v) is 23.3. The van der Waals surface area contributed by atoms with E-state index >= 15 is 0 Å². The first-order valence-electron chi connectivity index (χ1n) is 14.1. The van der Waals surface area contributed by atoms with E-state index in [1.165, 1.54) is 12.1 Å². The number of rotatable bonds is 9. The molecular formula is C38H29FN2O2. The minimum Gasteiger partial charge on any atom is -0.478 e. The highest BCUT2D eigenvalue weighted by atomic mass is 19.1. The van der Waals surface area contributed by atoms with Gasteiger partial charge in [0.1, 0.15) is 17.2 Å². The van der Waals surface area contributed by atoms with Gasteiger partial charge >= 0.3 is 5.97 Å². The van der Waals surface area contributed by atoms with Crippen molar-refractivity contribution in [2.24, 2.45) is 0 Å². The summed E-state index contributed by atoms with van der Waals surface area (Å²) in [4.78, 5) is 16.7. The Bertz CT molecular complexity index is 1770. The van der Waals surface area contributed by atoms with E-state index in [-0.39, 0.29) is 11.4 Å². The third-order valence-corrected chi connectivity index (χ3v) is 7.69. The van der Waals surface area contributed by atoms with Gasteiger partial charge in [-0.15, -0.1) is 0 Å². The number of halogens is 1. The van der Waals surface area contributed by atoms with Crippen molar-refractivity contribution in [3.8, 4) is 11.1 Å². The maximum absolute atomic E-state index is 13.5. The Balaban J connectivity index is 1.42. The Morgan fingerprint density at radius 2 is 1.33 bits per heavy atom. The maximum atomic E-state index is 13.5. The Morgan fingerprint density at radius 1 is 0.767 bits per heavy atom.